The molecule has 1 unspecified atom stereocenters. The summed E-state index contributed by atoms with van der Waals surface area (Å²) >= 11 is 0. The van der Waals surface area contributed by atoms with Crippen molar-refractivity contribution in [3.63, 3.8) is 0 Å². The van der Waals surface area contributed by atoms with E-state index in [1.807, 2.05) is 42.5 Å². The van der Waals surface area contributed by atoms with Crippen LogP contribution in [0, 0.1) is 5.92 Å². The number of benzene rings is 1. The molecule has 16 heavy (non-hydrogen) atoms. The number of hydrogen-bond acceptors (Lipinski definition) is 1. The fourth-order valence-corrected chi connectivity index (χ4v) is 1.40. The normalized spacial score (nSPS) is 12.5. The molecule has 2 heteroatoms. The van der Waals surface area contributed by atoms with Crippen LogP contribution in [0.4, 0.5) is 0 Å². The molecule has 0 aliphatic heterocycles. The highest BCUT2D eigenvalue weighted by atomic mass is 16.4. The van der Waals surface area contributed by atoms with Crippen molar-refractivity contribution >= 4 is 12.0 Å². The molecule has 0 aliphatic carbocycles. The zero-order valence-corrected chi connectivity index (χ0v) is 9.17. The molecule has 0 radical (unpaired) electrons. The minimum Gasteiger partial charge on any atom is -0.481 e. The van der Waals surface area contributed by atoms with Gasteiger partial charge in [0.1, 0.15) is 0 Å². The SMILES string of the molecule is C=CC(CCC=Cc1ccccc1)C(=O)O. The Morgan fingerprint density at radius 2 is 2.06 bits per heavy atom. The van der Waals surface area contributed by atoms with Gasteiger partial charge in [0.25, 0.3) is 0 Å². The maximum absolute atomic E-state index is 10.7. The Labute approximate surface area is 95.9 Å². The maximum atomic E-state index is 10.7. The third kappa shape index (κ3) is 4.13. The molecule has 0 amide bonds. The molecule has 2 nitrogen and oxygen atoms in total. The first-order valence-electron chi connectivity index (χ1n) is 5.31. The van der Waals surface area contributed by atoms with Gasteiger partial charge in [0.15, 0.2) is 0 Å². The Morgan fingerprint density at radius 1 is 1.38 bits per heavy atom. The number of carboxylic acid groups (broad SMARTS) is 1. The maximum Gasteiger partial charge on any atom is 0.310 e. The van der Waals surface area contributed by atoms with E-state index in [9.17, 15) is 4.79 Å². The van der Waals surface area contributed by atoms with Crippen molar-refractivity contribution in [1.29, 1.82) is 0 Å². The lowest BCUT2D eigenvalue weighted by Gasteiger charge is -2.03. The summed E-state index contributed by atoms with van der Waals surface area (Å²) in [6, 6.07) is 9.94. The molecule has 0 bridgehead atoms. The Morgan fingerprint density at radius 3 is 2.62 bits per heavy atom. The summed E-state index contributed by atoms with van der Waals surface area (Å²) in [7, 11) is 0. The van der Waals surface area contributed by atoms with Gasteiger partial charge in [-0.05, 0) is 18.4 Å². The van der Waals surface area contributed by atoms with Crippen molar-refractivity contribution in [2.24, 2.45) is 5.92 Å². The van der Waals surface area contributed by atoms with Crippen molar-refractivity contribution in [2.45, 2.75) is 12.8 Å². The van der Waals surface area contributed by atoms with E-state index in [0.717, 1.165) is 12.0 Å². The summed E-state index contributed by atoms with van der Waals surface area (Å²) in [5.41, 5.74) is 1.13. The minimum atomic E-state index is -0.803. The fraction of sp³-hybridized carbons (Fsp3) is 0.214. The van der Waals surface area contributed by atoms with Crippen molar-refractivity contribution in [3.8, 4) is 0 Å². The van der Waals surface area contributed by atoms with Crippen LogP contribution in [0.2, 0.25) is 0 Å². The lowest BCUT2D eigenvalue weighted by atomic mass is 10.0. The van der Waals surface area contributed by atoms with Gasteiger partial charge in [-0.25, -0.2) is 0 Å². The van der Waals surface area contributed by atoms with Crippen molar-refractivity contribution in [1.82, 2.24) is 0 Å². The number of aliphatic carboxylic acids is 1. The number of hydrogen-bond donors (Lipinski definition) is 1. The van der Waals surface area contributed by atoms with Gasteiger partial charge in [-0.3, -0.25) is 4.79 Å². The van der Waals surface area contributed by atoms with E-state index in [1.165, 1.54) is 6.08 Å². The third-order valence-corrected chi connectivity index (χ3v) is 2.36. The first kappa shape index (κ1) is 12.2. The largest absolute Gasteiger partial charge is 0.481 e. The predicted octanol–water partition coefficient (Wildman–Crippen LogP) is 3.37. The standard InChI is InChI=1S/C14H16O2/c1-2-13(14(15)16)11-7-6-10-12-8-4-3-5-9-12/h2-6,8-10,13H,1,7,11H2,(H,15,16). The molecule has 0 saturated heterocycles. The van der Waals surface area contributed by atoms with Gasteiger partial charge in [0.05, 0.1) is 5.92 Å². The Bertz CT molecular complexity index is 366. The van der Waals surface area contributed by atoms with Gasteiger partial charge in [-0.1, -0.05) is 48.6 Å². The average molecular weight is 216 g/mol. The molecule has 0 saturated carbocycles. The zero-order chi connectivity index (χ0) is 11.8. The summed E-state index contributed by atoms with van der Waals surface area (Å²) in [4.78, 5) is 10.7. The quantitative estimate of drug-likeness (QED) is 0.740. The van der Waals surface area contributed by atoms with Crippen LogP contribution in [0.1, 0.15) is 18.4 Å². The van der Waals surface area contributed by atoms with Crippen LogP contribution in [0.25, 0.3) is 6.08 Å². The predicted molar refractivity (Wildman–Crippen MR) is 66.0 cm³/mol. The van der Waals surface area contributed by atoms with E-state index in [4.69, 9.17) is 5.11 Å². The number of allylic oxidation sites excluding steroid dienone is 1. The summed E-state index contributed by atoms with van der Waals surface area (Å²) in [5, 5.41) is 8.79. The molecule has 0 aliphatic rings. The second-order valence-corrected chi connectivity index (χ2v) is 3.57. The molecule has 0 fully saturated rings. The molecule has 0 aromatic heterocycles. The topological polar surface area (TPSA) is 37.3 Å². The average Bonchev–Trinajstić information content (AvgIpc) is 2.30. The van der Waals surface area contributed by atoms with E-state index in [2.05, 4.69) is 6.58 Å². The lowest BCUT2D eigenvalue weighted by molar-refractivity contribution is -0.140. The fourth-order valence-electron chi connectivity index (χ4n) is 1.40. The van der Waals surface area contributed by atoms with E-state index < -0.39 is 11.9 Å². The number of carboxylic acids is 1. The van der Waals surface area contributed by atoms with Crippen LogP contribution in [0.5, 0.6) is 0 Å². The van der Waals surface area contributed by atoms with Crippen LogP contribution in [0.3, 0.4) is 0 Å². The van der Waals surface area contributed by atoms with Crippen molar-refractivity contribution < 1.29 is 9.90 Å². The molecule has 1 atom stereocenters. The highest BCUT2D eigenvalue weighted by molar-refractivity contribution is 5.71. The van der Waals surface area contributed by atoms with Crippen molar-refractivity contribution in [2.75, 3.05) is 0 Å². The molecule has 1 N–H and O–H groups in total. The van der Waals surface area contributed by atoms with Crippen LogP contribution in [0.15, 0.2) is 49.1 Å². The van der Waals surface area contributed by atoms with E-state index in [1.54, 1.807) is 0 Å². The second kappa shape index (κ2) is 6.62. The van der Waals surface area contributed by atoms with Crippen molar-refractivity contribution in [3.05, 3.63) is 54.6 Å². The van der Waals surface area contributed by atoms with Gasteiger partial charge in [-0.15, -0.1) is 6.58 Å². The number of rotatable bonds is 6. The summed E-state index contributed by atoms with van der Waals surface area (Å²) in [6.07, 6.45) is 6.83. The zero-order valence-electron chi connectivity index (χ0n) is 9.17. The number of carbonyl (C=O) groups is 1. The highest BCUT2D eigenvalue weighted by Crippen LogP contribution is 2.10. The molecular formula is C14H16O2. The van der Waals surface area contributed by atoms with Gasteiger partial charge in [0, 0.05) is 0 Å². The van der Waals surface area contributed by atoms with E-state index in [0.29, 0.717) is 6.42 Å². The van der Waals surface area contributed by atoms with Gasteiger partial charge in [-0.2, -0.15) is 0 Å². The Hall–Kier alpha value is -1.83. The highest BCUT2D eigenvalue weighted by Gasteiger charge is 2.10. The van der Waals surface area contributed by atoms with Gasteiger partial charge < -0.3 is 5.11 Å². The summed E-state index contributed by atoms with van der Waals surface area (Å²) in [6.45, 7) is 3.51. The summed E-state index contributed by atoms with van der Waals surface area (Å²) in [5.74, 6) is -1.25. The summed E-state index contributed by atoms with van der Waals surface area (Å²) < 4.78 is 0. The monoisotopic (exact) mass is 216 g/mol. The van der Waals surface area contributed by atoms with Gasteiger partial charge in [0.2, 0.25) is 0 Å². The van der Waals surface area contributed by atoms with Crippen LogP contribution in [-0.2, 0) is 4.79 Å². The Balaban J connectivity index is 2.38. The van der Waals surface area contributed by atoms with E-state index >= 15 is 0 Å². The van der Waals surface area contributed by atoms with E-state index in [-0.39, 0.29) is 0 Å². The molecule has 0 heterocycles. The minimum absolute atomic E-state index is 0.444. The van der Waals surface area contributed by atoms with Crippen LogP contribution >= 0.6 is 0 Å². The molecular weight excluding hydrogens is 200 g/mol. The molecule has 0 spiro atoms. The second-order valence-electron chi connectivity index (χ2n) is 3.57. The van der Waals surface area contributed by atoms with Crippen LogP contribution < -0.4 is 0 Å². The first-order valence-corrected chi connectivity index (χ1v) is 5.31. The third-order valence-electron chi connectivity index (χ3n) is 2.36. The Kier molecular flexibility index (Phi) is 5.06. The first-order chi connectivity index (χ1) is 7.74. The molecule has 84 valence electrons. The van der Waals surface area contributed by atoms with Gasteiger partial charge >= 0.3 is 5.97 Å². The smallest absolute Gasteiger partial charge is 0.310 e. The molecule has 1 rings (SSSR count). The lowest BCUT2D eigenvalue weighted by Crippen LogP contribution is -2.09. The molecule has 1 aromatic rings. The van der Waals surface area contributed by atoms with Crippen LogP contribution in [-0.4, -0.2) is 11.1 Å². The molecule has 1 aromatic carbocycles.